The van der Waals surface area contributed by atoms with Crippen molar-refractivity contribution in [3.8, 4) is 0 Å². The van der Waals surface area contributed by atoms with Crippen molar-refractivity contribution >= 4 is 23.2 Å². The summed E-state index contributed by atoms with van der Waals surface area (Å²) in [5.74, 6) is 5.48. The molecule has 0 saturated carbocycles. The van der Waals surface area contributed by atoms with Crippen LogP contribution in [-0.2, 0) is 0 Å². The molecule has 0 aliphatic heterocycles. The number of hydrazine groups is 1. The summed E-state index contributed by atoms with van der Waals surface area (Å²) in [4.78, 5) is 12.0. The van der Waals surface area contributed by atoms with Gasteiger partial charge in [-0.2, -0.15) is 0 Å². The lowest BCUT2D eigenvalue weighted by atomic mass is 10.2. The molecule has 2 rings (SSSR count). The van der Waals surface area contributed by atoms with E-state index in [2.05, 4.69) is 0 Å². The monoisotopic (exact) mass is 246 g/mol. The van der Waals surface area contributed by atoms with Crippen LogP contribution in [0.25, 0.3) is 0 Å². The van der Waals surface area contributed by atoms with Crippen LogP contribution in [0.4, 0.5) is 5.69 Å². The number of hydrogen-bond acceptors (Lipinski definition) is 2. The van der Waals surface area contributed by atoms with Gasteiger partial charge in [0.15, 0.2) is 0 Å². The maximum atomic E-state index is 12.0. The van der Waals surface area contributed by atoms with Crippen molar-refractivity contribution in [2.24, 2.45) is 5.84 Å². The molecule has 17 heavy (non-hydrogen) atoms. The topological polar surface area (TPSA) is 46.3 Å². The first-order valence-electron chi connectivity index (χ1n) is 5.09. The number of nitrogens with zero attached hydrogens (tertiary/aromatic N) is 1. The Hall–Kier alpha value is -1.84. The highest BCUT2D eigenvalue weighted by atomic mass is 35.5. The molecule has 2 aromatic rings. The Balaban J connectivity index is 2.30. The average Bonchev–Trinajstić information content (AvgIpc) is 2.39. The number of halogens is 1. The highest BCUT2D eigenvalue weighted by Gasteiger charge is 2.15. The van der Waals surface area contributed by atoms with Crippen LogP contribution in [-0.4, -0.2) is 5.91 Å². The van der Waals surface area contributed by atoms with Crippen LogP contribution in [0.3, 0.4) is 0 Å². The summed E-state index contributed by atoms with van der Waals surface area (Å²) in [6.07, 6.45) is 0. The largest absolute Gasteiger partial charge is 0.272 e. The van der Waals surface area contributed by atoms with Gasteiger partial charge >= 0.3 is 0 Å². The summed E-state index contributed by atoms with van der Waals surface area (Å²) < 4.78 is 0. The number of anilines is 1. The smallest absolute Gasteiger partial charge is 0.267 e. The number of para-hydroxylation sites is 1. The van der Waals surface area contributed by atoms with Crippen LogP contribution in [0.5, 0.6) is 0 Å². The van der Waals surface area contributed by atoms with Crippen molar-refractivity contribution in [3.05, 3.63) is 65.2 Å². The predicted octanol–water partition coefficient (Wildman–Crippen LogP) is 2.86. The molecular formula is C13H11ClN2O. The molecule has 0 saturated heterocycles. The van der Waals surface area contributed by atoms with Crippen LogP contribution in [0.1, 0.15) is 10.4 Å². The zero-order valence-corrected chi connectivity index (χ0v) is 9.76. The molecule has 2 N–H and O–H groups in total. The van der Waals surface area contributed by atoms with Gasteiger partial charge < -0.3 is 0 Å². The molecule has 86 valence electrons. The van der Waals surface area contributed by atoms with E-state index in [1.807, 2.05) is 6.07 Å². The van der Waals surface area contributed by atoms with Gasteiger partial charge in [-0.25, -0.2) is 10.9 Å². The fraction of sp³-hybridized carbons (Fsp3) is 0. The highest BCUT2D eigenvalue weighted by molar-refractivity contribution is 6.34. The minimum atomic E-state index is -0.293. The normalized spacial score (nSPS) is 10.0. The maximum absolute atomic E-state index is 12.0. The first-order valence-corrected chi connectivity index (χ1v) is 5.46. The molecule has 0 atom stereocenters. The third-order valence-corrected chi connectivity index (χ3v) is 2.67. The molecule has 0 unspecified atom stereocenters. The molecule has 0 aromatic heterocycles. The van der Waals surface area contributed by atoms with Crippen LogP contribution < -0.4 is 10.9 Å². The second-order valence-corrected chi connectivity index (χ2v) is 3.90. The van der Waals surface area contributed by atoms with E-state index in [1.165, 1.54) is 0 Å². The zero-order valence-electron chi connectivity index (χ0n) is 9.01. The molecule has 0 spiro atoms. The Bertz CT molecular complexity index is 528. The average molecular weight is 247 g/mol. The van der Waals surface area contributed by atoms with Crippen LogP contribution in [0.2, 0.25) is 5.02 Å². The van der Waals surface area contributed by atoms with E-state index in [0.29, 0.717) is 16.3 Å². The Morgan fingerprint density at radius 2 is 1.59 bits per heavy atom. The molecule has 3 nitrogen and oxygen atoms in total. The van der Waals surface area contributed by atoms with Crippen LogP contribution in [0.15, 0.2) is 54.6 Å². The van der Waals surface area contributed by atoms with Gasteiger partial charge in [-0.3, -0.25) is 4.79 Å². The van der Waals surface area contributed by atoms with Crippen molar-refractivity contribution in [2.75, 3.05) is 5.01 Å². The van der Waals surface area contributed by atoms with Gasteiger partial charge in [-0.1, -0.05) is 41.9 Å². The first kappa shape index (κ1) is 11.6. The first-order chi connectivity index (χ1) is 8.20. The molecule has 4 heteroatoms. The number of rotatable bonds is 2. The molecule has 0 bridgehead atoms. The molecule has 1 amide bonds. The number of hydrogen-bond donors (Lipinski definition) is 1. The quantitative estimate of drug-likeness (QED) is 0.503. The second kappa shape index (κ2) is 4.99. The van der Waals surface area contributed by atoms with E-state index in [-0.39, 0.29) is 5.91 Å². The second-order valence-electron chi connectivity index (χ2n) is 3.49. The van der Waals surface area contributed by atoms with Gasteiger partial charge in [0.05, 0.1) is 10.7 Å². The summed E-state index contributed by atoms with van der Waals surface area (Å²) in [6.45, 7) is 0. The van der Waals surface area contributed by atoms with Gasteiger partial charge in [-0.05, 0) is 24.3 Å². The molecule has 0 fully saturated rings. The molecule has 0 heterocycles. The Labute approximate surface area is 104 Å². The summed E-state index contributed by atoms with van der Waals surface area (Å²) in [5, 5.41) is 1.50. The van der Waals surface area contributed by atoms with E-state index in [9.17, 15) is 4.79 Å². The molecular weight excluding hydrogens is 236 g/mol. The lowest BCUT2D eigenvalue weighted by Crippen LogP contribution is -2.37. The Morgan fingerprint density at radius 1 is 1.00 bits per heavy atom. The van der Waals surface area contributed by atoms with Gasteiger partial charge in [0.1, 0.15) is 0 Å². The number of nitrogens with two attached hydrogens (primary N) is 1. The van der Waals surface area contributed by atoms with Gasteiger partial charge in [-0.15, -0.1) is 0 Å². The highest BCUT2D eigenvalue weighted by Crippen LogP contribution is 2.24. The third-order valence-electron chi connectivity index (χ3n) is 2.35. The van der Waals surface area contributed by atoms with Crippen LogP contribution in [0, 0.1) is 0 Å². The van der Waals surface area contributed by atoms with Gasteiger partial charge in [0.2, 0.25) is 0 Å². The molecule has 0 radical (unpaired) electrons. The van der Waals surface area contributed by atoms with Crippen LogP contribution >= 0.6 is 11.6 Å². The predicted molar refractivity (Wildman–Crippen MR) is 68.9 cm³/mol. The fourth-order valence-electron chi connectivity index (χ4n) is 1.48. The number of carbonyl (C=O) groups is 1. The lowest BCUT2D eigenvalue weighted by Gasteiger charge is -2.17. The number of amides is 1. The summed E-state index contributed by atoms with van der Waals surface area (Å²) in [6, 6.07) is 15.8. The lowest BCUT2D eigenvalue weighted by molar-refractivity contribution is 0.0987. The molecule has 2 aromatic carbocycles. The Kier molecular flexibility index (Phi) is 3.42. The summed E-state index contributed by atoms with van der Waals surface area (Å²) in [5.41, 5.74) is 1.01. The van der Waals surface area contributed by atoms with E-state index in [4.69, 9.17) is 17.4 Å². The van der Waals surface area contributed by atoms with Crippen molar-refractivity contribution in [1.82, 2.24) is 0 Å². The van der Waals surface area contributed by atoms with Crippen molar-refractivity contribution in [2.45, 2.75) is 0 Å². The van der Waals surface area contributed by atoms with Crippen molar-refractivity contribution in [1.29, 1.82) is 0 Å². The standard InChI is InChI=1S/C13H11ClN2O/c14-11-8-4-5-9-12(11)16(15)13(17)10-6-2-1-3-7-10/h1-9H,15H2. The Morgan fingerprint density at radius 3 is 2.24 bits per heavy atom. The number of benzene rings is 2. The summed E-state index contributed by atoms with van der Waals surface area (Å²) in [7, 11) is 0. The maximum Gasteiger partial charge on any atom is 0.272 e. The number of carbonyl (C=O) groups excluding carboxylic acids is 1. The van der Waals surface area contributed by atoms with E-state index >= 15 is 0 Å². The zero-order chi connectivity index (χ0) is 12.3. The summed E-state index contributed by atoms with van der Waals surface area (Å²) >= 11 is 5.98. The minimum absolute atomic E-state index is 0.293. The minimum Gasteiger partial charge on any atom is -0.267 e. The molecule has 0 aliphatic carbocycles. The van der Waals surface area contributed by atoms with E-state index < -0.39 is 0 Å². The van der Waals surface area contributed by atoms with E-state index in [1.54, 1.807) is 48.5 Å². The van der Waals surface area contributed by atoms with Gasteiger partial charge in [0.25, 0.3) is 5.91 Å². The van der Waals surface area contributed by atoms with Crippen molar-refractivity contribution in [3.63, 3.8) is 0 Å². The third kappa shape index (κ3) is 2.46. The van der Waals surface area contributed by atoms with E-state index in [0.717, 1.165) is 5.01 Å². The van der Waals surface area contributed by atoms with Gasteiger partial charge in [0, 0.05) is 5.56 Å². The SMILES string of the molecule is NN(C(=O)c1ccccc1)c1ccccc1Cl. The fourth-order valence-corrected chi connectivity index (χ4v) is 1.70. The van der Waals surface area contributed by atoms with Crippen molar-refractivity contribution < 1.29 is 4.79 Å². The molecule has 0 aliphatic rings.